The first kappa shape index (κ1) is 14.1. The Bertz CT molecular complexity index is 477. The van der Waals surface area contributed by atoms with Gasteiger partial charge in [-0.25, -0.2) is 0 Å². The standard InChI is InChI=1S/C16H24N2OS/c1-2-7-16(8-9-17-11-16)15(19)18-13-4-3-5-14-12(13)6-10-20-14/h6,10,13,17H,2-5,7-9,11H2,1H3,(H,18,19). The molecule has 4 heteroatoms. The van der Waals surface area contributed by atoms with Crippen LogP contribution in [0.25, 0.3) is 0 Å². The van der Waals surface area contributed by atoms with Gasteiger partial charge in [-0.3, -0.25) is 4.79 Å². The van der Waals surface area contributed by atoms with Crippen molar-refractivity contribution in [2.24, 2.45) is 5.41 Å². The maximum Gasteiger partial charge on any atom is 0.228 e. The summed E-state index contributed by atoms with van der Waals surface area (Å²) in [4.78, 5) is 14.3. The van der Waals surface area contributed by atoms with Crippen molar-refractivity contribution in [1.29, 1.82) is 0 Å². The number of fused-ring (bicyclic) bond motifs is 1. The first-order chi connectivity index (χ1) is 9.75. The van der Waals surface area contributed by atoms with Gasteiger partial charge < -0.3 is 10.6 Å². The van der Waals surface area contributed by atoms with E-state index in [2.05, 4.69) is 29.0 Å². The van der Waals surface area contributed by atoms with E-state index >= 15 is 0 Å². The van der Waals surface area contributed by atoms with Gasteiger partial charge in [0.15, 0.2) is 0 Å². The van der Waals surface area contributed by atoms with Gasteiger partial charge in [-0.2, -0.15) is 0 Å². The van der Waals surface area contributed by atoms with Crippen LogP contribution >= 0.6 is 11.3 Å². The summed E-state index contributed by atoms with van der Waals surface area (Å²) < 4.78 is 0. The lowest BCUT2D eigenvalue weighted by Crippen LogP contribution is -2.44. The van der Waals surface area contributed by atoms with Gasteiger partial charge in [0.05, 0.1) is 11.5 Å². The van der Waals surface area contributed by atoms with Crippen LogP contribution < -0.4 is 10.6 Å². The summed E-state index contributed by atoms with van der Waals surface area (Å²) in [6, 6.07) is 2.44. The van der Waals surface area contributed by atoms with Crippen molar-refractivity contribution >= 4 is 17.2 Å². The predicted molar refractivity (Wildman–Crippen MR) is 83.0 cm³/mol. The number of aryl methyl sites for hydroxylation is 1. The molecule has 0 aromatic carbocycles. The minimum absolute atomic E-state index is 0.164. The second-order valence-corrected chi connectivity index (χ2v) is 7.18. The Balaban J connectivity index is 1.73. The Hall–Kier alpha value is -0.870. The Kier molecular flexibility index (Phi) is 4.13. The zero-order valence-electron chi connectivity index (χ0n) is 12.2. The van der Waals surface area contributed by atoms with Gasteiger partial charge in [-0.05, 0) is 55.7 Å². The van der Waals surface area contributed by atoms with E-state index in [9.17, 15) is 4.79 Å². The summed E-state index contributed by atoms with van der Waals surface area (Å²) in [7, 11) is 0. The van der Waals surface area contributed by atoms with Gasteiger partial charge in [0.25, 0.3) is 0 Å². The van der Waals surface area contributed by atoms with Crippen LogP contribution in [-0.4, -0.2) is 19.0 Å². The topological polar surface area (TPSA) is 41.1 Å². The average molecular weight is 292 g/mol. The minimum Gasteiger partial charge on any atom is -0.349 e. The molecule has 1 aromatic rings. The molecular weight excluding hydrogens is 268 g/mol. The SMILES string of the molecule is CCCC1(C(=O)NC2CCCc3sccc32)CCNC1. The molecule has 2 aliphatic rings. The van der Waals surface area contributed by atoms with Crippen LogP contribution in [0.15, 0.2) is 11.4 Å². The molecule has 0 radical (unpaired) electrons. The van der Waals surface area contributed by atoms with Crippen LogP contribution in [0.5, 0.6) is 0 Å². The minimum atomic E-state index is -0.164. The zero-order chi connectivity index (χ0) is 14.0. The lowest BCUT2D eigenvalue weighted by molar-refractivity contribution is -0.131. The van der Waals surface area contributed by atoms with E-state index in [4.69, 9.17) is 0 Å². The lowest BCUT2D eigenvalue weighted by atomic mass is 9.81. The van der Waals surface area contributed by atoms with Crippen molar-refractivity contribution in [3.8, 4) is 0 Å². The fourth-order valence-corrected chi connectivity index (χ4v) is 4.68. The van der Waals surface area contributed by atoms with Gasteiger partial charge in [-0.15, -0.1) is 11.3 Å². The van der Waals surface area contributed by atoms with Crippen molar-refractivity contribution in [2.75, 3.05) is 13.1 Å². The average Bonchev–Trinajstić information content (AvgIpc) is 3.08. The molecule has 0 bridgehead atoms. The predicted octanol–water partition coefficient (Wildman–Crippen LogP) is 3.02. The molecule has 1 aromatic heterocycles. The molecule has 1 saturated heterocycles. The molecule has 3 nitrogen and oxygen atoms in total. The van der Waals surface area contributed by atoms with Gasteiger partial charge in [0.1, 0.15) is 0 Å². The quantitative estimate of drug-likeness (QED) is 0.895. The molecular formula is C16H24N2OS. The summed E-state index contributed by atoms with van der Waals surface area (Å²) >= 11 is 1.83. The van der Waals surface area contributed by atoms with Crippen LogP contribution in [0.3, 0.4) is 0 Å². The van der Waals surface area contributed by atoms with Crippen LogP contribution in [0.4, 0.5) is 0 Å². The molecule has 0 saturated carbocycles. The second kappa shape index (κ2) is 5.86. The molecule has 1 amide bonds. The highest BCUT2D eigenvalue weighted by molar-refractivity contribution is 7.10. The number of carbonyl (C=O) groups is 1. The summed E-state index contributed by atoms with van der Waals surface area (Å²) in [5.41, 5.74) is 1.20. The maximum atomic E-state index is 12.8. The molecule has 1 fully saturated rings. The highest BCUT2D eigenvalue weighted by Crippen LogP contribution is 2.36. The van der Waals surface area contributed by atoms with Gasteiger partial charge in [-0.1, -0.05) is 13.3 Å². The van der Waals surface area contributed by atoms with Gasteiger partial charge >= 0.3 is 0 Å². The molecule has 20 heavy (non-hydrogen) atoms. The first-order valence-electron chi connectivity index (χ1n) is 7.83. The van der Waals surface area contributed by atoms with Crippen molar-refractivity contribution in [3.63, 3.8) is 0 Å². The number of hydrogen-bond acceptors (Lipinski definition) is 3. The molecule has 110 valence electrons. The van der Waals surface area contributed by atoms with E-state index in [1.165, 1.54) is 23.3 Å². The fraction of sp³-hybridized carbons (Fsp3) is 0.688. The summed E-state index contributed by atoms with van der Waals surface area (Å²) in [5.74, 6) is 0.272. The molecule has 1 aliphatic heterocycles. The van der Waals surface area contributed by atoms with Crippen LogP contribution in [0.1, 0.15) is 55.5 Å². The Morgan fingerprint density at radius 2 is 2.50 bits per heavy atom. The van der Waals surface area contributed by atoms with Crippen molar-refractivity contribution in [1.82, 2.24) is 10.6 Å². The second-order valence-electron chi connectivity index (χ2n) is 6.17. The Morgan fingerprint density at radius 1 is 1.60 bits per heavy atom. The highest BCUT2D eigenvalue weighted by atomic mass is 32.1. The van der Waals surface area contributed by atoms with E-state index in [1.807, 2.05) is 11.3 Å². The van der Waals surface area contributed by atoms with Crippen LogP contribution in [0, 0.1) is 5.41 Å². The third-order valence-corrected chi connectivity index (χ3v) is 5.81. The summed E-state index contributed by atoms with van der Waals surface area (Å²) in [6.45, 7) is 3.99. The van der Waals surface area contributed by atoms with E-state index in [-0.39, 0.29) is 17.4 Å². The van der Waals surface area contributed by atoms with Crippen molar-refractivity contribution < 1.29 is 4.79 Å². The number of thiophene rings is 1. The number of rotatable bonds is 4. The van der Waals surface area contributed by atoms with Crippen LogP contribution in [-0.2, 0) is 11.2 Å². The normalized spacial score (nSPS) is 29.1. The lowest BCUT2D eigenvalue weighted by Gasteiger charge is -2.31. The van der Waals surface area contributed by atoms with Gasteiger partial charge in [0.2, 0.25) is 5.91 Å². The molecule has 3 rings (SSSR count). The fourth-order valence-electron chi connectivity index (χ4n) is 3.69. The number of amides is 1. The summed E-state index contributed by atoms with van der Waals surface area (Å²) in [5, 5.41) is 8.89. The molecule has 0 spiro atoms. The number of nitrogens with one attached hydrogen (secondary N) is 2. The van der Waals surface area contributed by atoms with E-state index in [1.54, 1.807) is 0 Å². The van der Waals surface area contributed by atoms with Crippen molar-refractivity contribution in [3.05, 3.63) is 21.9 Å². The molecule has 2 unspecified atom stereocenters. The molecule has 2 N–H and O–H groups in total. The van der Waals surface area contributed by atoms with Gasteiger partial charge in [0, 0.05) is 11.4 Å². The Labute approximate surface area is 125 Å². The number of carbonyl (C=O) groups excluding carboxylic acids is 1. The maximum absolute atomic E-state index is 12.8. The van der Waals surface area contributed by atoms with Crippen LogP contribution in [0.2, 0.25) is 0 Å². The van der Waals surface area contributed by atoms with E-state index in [0.717, 1.165) is 38.8 Å². The monoisotopic (exact) mass is 292 g/mol. The van der Waals surface area contributed by atoms with E-state index in [0.29, 0.717) is 0 Å². The smallest absolute Gasteiger partial charge is 0.228 e. The third-order valence-electron chi connectivity index (χ3n) is 4.81. The largest absolute Gasteiger partial charge is 0.349 e. The Morgan fingerprint density at radius 3 is 3.25 bits per heavy atom. The van der Waals surface area contributed by atoms with E-state index < -0.39 is 0 Å². The molecule has 2 heterocycles. The summed E-state index contributed by atoms with van der Waals surface area (Å²) in [6.07, 6.45) is 6.51. The van der Waals surface area contributed by atoms with Crippen molar-refractivity contribution in [2.45, 2.75) is 51.5 Å². The highest BCUT2D eigenvalue weighted by Gasteiger charge is 2.41. The molecule has 2 atom stereocenters. The molecule has 1 aliphatic carbocycles. The third kappa shape index (κ3) is 2.51. The first-order valence-corrected chi connectivity index (χ1v) is 8.71. The zero-order valence-corrected chi connectivity index (χ0v) is 13.0. The number of hydrogen-bond donors (Lipinski definition) is 2.